The third-order valence-corrected chi connectivity index (χ3v) is 8.44. The molecule has 1 aliphatic carbocycles. The minimum Gasteiger partial charge on any atom is -0.504 e. The maximum atomic E-state index is 13.9. The summed E-state index contributed by atoms with van der Waals surface area (Å²) in [6.45, 7) is 0. The van der Waals surface area contributed by atoms with E-state index < -0.39 is 43.4 Å². The number of nitrogens with one attached hydrogen (secondary N) is 2. The van der Waals surface area contributed by atoms with Crippen LogP contribution in [0.25, 0.3) is 0 Å². The quantitative estimate of drug-likeness (QED) is 0.314. The van der Waals surface area contributed by atoms with Crippen molar-refractivity contribution in [1.29, 1.82) is 0 Å². The standard InChI is InChI=1S/C23H23ClFN3O5S/c1-28(2)34(32,33)23-15(24)9-10-16(20(23)29)26-18-19(22(31)21(18)30)27-17(12-5-3-6-12)13-7-4-8-14(25)11-13/h4,7-12,17,26-27,29H,3,5-6H2,1-2H3. The largest absolute Gasteiger partial charge is 0.504 e. The Morgan fingerprint density at radius 2 is 1.79 bits per heavy atom. The van der Waals surface area contributed by atoms with Crippen LogP contribution in [0.15, 0.2) is 50.9 Å². The molecule has 3 N–H and O–H groups in total. The van der Waals surface area contributed by atoms with Crippen molar-refractivity contribution in [1.82, 2.24) is 4.31 Å². The van der Waals surface area contributed by atoms with Crippen LogP contribution in [0.1, 0.15) is 30.9 Å². The van der Waals surface area contributed by atoms with Crippen LogP contribution in [0, 0.1) is 11.7 Å². The van der Waals surface area contributed by atoms with Gasteiger partial charge in [-0.05, 0) is 48.6 Å². The van der Waals surface area contributed by atoms with Crippen LogP contribution in [-0.4, -0.2) is 31.9 Å². The molecule has 1 saturated carbocycles. The minimum atomic E-state index is -4.10. The first-order valence-electron chi connectivity index (χ1n) is 10.6. The van der Waals surface area contributed by atoms with E-state index >= 15 is 0 Å². The first kappa shape index (κ1) is 24.2. The molecule has 0 radical (unpaired) electrons. The van der Waals surface area contributed by atoms with E-state index in [1.165, 1.54) is 38.4 Å². The molecule has 8 nitrogen and oxygen atoms in total. The Hall–Kier alpha value is -2.95. The van der Waals surface area contributed by atoms with Gasteiger partial charge in [-0.3, -0.25) is 9.59 Å². The van der Waals surface area contributed by atoms with Gasteiger partial charge in [-0.1, -0.05) is 30.2 Å². The molecule has 1 atom stereocenters. The Labute approximate surface area is 200 Å². The summed E-state index contributed by atoms with van der Waals surface area (Å²) in [5, 5.41) is 16.2. The van der Waals surface area contributed by atoms with Crippen molar-refractivity contribution < 1.29 is 17.9 Å². The molecule has 0 bridgehead atoms. The number of benzene rings is 2. The molecule has 3 aromatic rings. The van der Waals surface area contributed by atoms with E-state index in [-0.39, 0.29) is 28.0 Å². The molecule has 11 heteroatoms. The maximum absolute atomic E-state index is 13.9. The third-order valence-electron chi connectivity index (χ3n) is 6.12. The number of rotatable bonds is 8. The van der Waals surface area contributed by atoms with Crippen LogP contribution >= 0.6 is 11.6 Å². The molecule has 4 rings (SSSR count). The van der Waals surface area contributed by atoms with Gasteiger partial charge in [0.1, 0.15) is 22.1 Å². The minimum absolute atomic E-state index is 0.00229. The summed E-state index contributed by atoms with van der Waals surface area (Å²) < 4.78 is 39.9. The molecule has 0 heterocycles. The van der Waals surface area contributed by atoms with Crippen molar-refractivity contribution in [3.63, 3.8) is 0 Å². The molecule has 3 aromatic carbocycles. The summed E-state index contributed by atoms with van der Waals surface area (Å²) in [5.74, 6) is -0.937. The maximum Gasteiger partial charge on any atom is 0.253 e. The zero-order valence-electron chi connectivity index (χ0n) is 18.4. The van der Waals surface area contributed by atoms with Gasteiger partial charge in [0.05, 0.1) is 16.8 Å². The molecule has 0 amide bonds. The van der Waals surface area contributed by atoms with Crippen molar-refractivity contribution in [3.05, 3.63) is 73.2 Å². The summed E-state index contributed by atoms with van der Waals surface area (Å²) in [6.07, 6.45) is 2.78. The zero-order chi connectivity index (χ0) is 24.8. The number of hydrogen-bond donors (Lipinski definition) is 3. The predicted molar refractivity (Wildman–Crippen MR) is 129 cm³/mol. The van der Waals surface area contributed by atoms with Gasteiger partial charge >= 0.3 is 0 Å². The molecule has 180 valence electrons. The van der Waals surface area contributed by atoms with Crippen LogP contribution < -0.4 is 21.5 Å². The number of aromatic hydroxyl groups is 1. The van der Waals surface area contributed by atoms with Crippen molar-refractivity contribution >= 4 is 38.7 Å². The third kappa shape index (κ3) is 4.17. The van der Waals surface area contributed by atoms with Gasteiger partial charge in [0.2, 0.25) is 10.0 Å². The molecule has 34 heavy (non-hydrogen) atoms. The molecule has 0 spiro atoms. The highest BCUT2D eigenvalue weighted by molar-refractivity contribution is 7.89. The second-order valence-corrected chi connectivity index (χ2v) is 11.0. The first-order valence-corrected chi connectivity index (χ1v) is 12.4. The van der Waals surface area contributed by atoms with Crippen LogP contribution in [0.2, 0.25) is 5.02 Å². The summed E-state index contributed by atoms with van der Waals surface area (Å²) in [5.41, 5.74) is -1.14. The number of sulfonamides is 1. The van der Waals surface area contributed by atoms with E-state index in [2.05, 4.69) is 10.6 Å². The van der Waals surface area contributed by atoms with Gasteiger partial charge in [0.25, 0.3) is 10.9 Å². The average molecular weight is 508 g/mol. The highest BCUT2D eigenvalue weighted by atomic mass is 35.5. The van der Waals surface area contributed by atoms with E-state index in [0.717, 1.165) is 23.6 Å². The molecular formula is C23H23ClFN3O5S. The summed E-state index contributed by atoms with van der Waals surface area (Å²) in [6, 6.07) is 8.23. The van der Waals surface area contributed by atoms with Crippen LogP contribution in [0.3, 0.4) is 0 Å². The van der Waals surface area contributed by atoms with Crippen LogP contribution in [0.4, 0.5) is 21.5 Å². The van der Waals surface area contributed by atoms with Crippen LogP contribution in [-0.2, 0) is 10.0 Å². The molecule has 1 fully saturated rings. The van der Waals surface area contributed by atoms with E-state index in [0.29, 0.717) is 5.56 Å². The normalized spacial score (nSPS) is 15.3. The summed E-state index contributed by atoms with van der Waals surface area (Å²) >= 11 is 6.03. The van der Waals surface area contributed by atoms with Crippen LogP contribution in [0.5, 0.6) is 5.75 Å². The Morgan fingerprint density at radius 1 is 1.12 bits per heavy atom. The van der Waals surface area contributed by atoms with Gasteiger partial charge in [-0.25, -0.2) is 17.1 Å². The lowest BCUT2D eigenvalue weighted by Crippen LogP contribution is -2.39. The van der Waals surface area contributed by atoms with E-state index in [4.69, 9.17) is 11.6 Å². The van der Waals surface area contributed by atoms with Crippen molar-refractivity contribution in [2.24, 2.45) is 5.92 Å². The second kappa shape index (κ2) is 9.01. The molecule has 0 aromatic heterocycles. The smallest absolute Gasteiger partial charge is 0.253 e. The highest BCUT2D eigenvalue weighted by Gasteiger charge is 2.33. The second-order valence-electron chi connectivity index (χ2n) is 8.46. The Kier molecular flexibility index (Phi) is 6.41. The Balaban J connectivity index is 1.70. The van der Waals surface area contributed by atoms with E-state index in [1.807, 2.05) is 0 Å². The highest BCUT2D eigenvalue weighted by Crippen LogP contribution is 2.42. The van der Waals surface area contributed by atoms with Gasteiger partial charge in [0, 0.05) is 14.1 Å². The fourth-order valence-corrected chi connectivity index (χ4v) is 5.44. The lowest BCUT2D eigenvalue weighted by Gasteiger charge is -2.36. The van der Waals surface area contributed by atoms with Gasteiger partial charge < -0.3 is 15.7 Å². The summed E-state index contributed by atoms with van der Waals surface area (Å²) in [4.78, 5) is 24.3. The fraction of sp³-hybridized carbons (Fsp3) is 0.304. The van der Waals surface area contributed by atoms with Gasteiger partial charge in [0.15, 0.2) is 5.75 Å². The van der Waals surface area contributed by atoms with E-state index in [1.54, 1.807) is 12.1 Å². The molecule has 1 aliphatic rings. The average Bonchev–Trinajstić information content (AvgIpc) is 2.74. The molecule has 1 unspecified atom stereocenters. The number of anilines is 3. The Bertz CT molecular complexity index is 1430. The lowest BCUT2D eigenvalue weighted by atomic mass is 9.77. The number of hydrogen-bond acceptors (Lipinski definition) is 7. The van der Waals surface area contributed by atoms with E-state index in [9.17, 15) is 27.5 Å². The number of halogens is 2. The number of nitrogens with zero attached hydrogens (tertiary/aromatic N) is 1. The number of phenols is 1. The van der Waals surface area contributed by atoms with Crippen molar-refractivity contribution in [3.8, 4) is 5.75 Å². The SMILES string of the molecule is CN(C)S(=O)(=O)c1c(Cl)ccc(Nc2c(NC(c3cccc(F)c3)C3CCC3)c(=O)c2=O)c1O. The topological polar surface area (TPSA) is 116 Å². The Morgan fingerprint density at radius 3 is 2.38 bits per heavy atom. The zero-order valence-corrected chi connectivity index (χ0v) is 20.0. The first-order chi connectivity index (χ1) is 16.0. The van der Waals surface area contributed by atoms with Crippen molar-refractivity contribution in [2.45, 2.75) is 30.2 Å². The molecule has 0 saturated heterocycles. The van der Waals surface area contributed by atoms with Gasteiger partial charge in [-0.2, -0.15) is 0 Å². The summed E-state index contributed by atoms with van der Waals surface area (Å²) in [7, 11) is -1.52. The fourth-order valence-electron chi connectivity index (χ4n) is 3.96. The van der Waals surface area contributed by atoms with Gasteiger partial charge in [-0.15, -0.1) is 0 Å². The molecular weight excluding hydrogens is 485 g/mol. The monoisotopic (exact) mass is 507 g/mol. The van der Waals surface area contributed by atoms with Crippen molar-refractivity contribution in [2.75, 3.05) is 24.7 Å². The molecule has 0 aliphatic heterocycles. The number of phenolic OH excluding ortho intramolecular Hbond substituents is 1. The predicted octanol–water partition coefficient (Wildman–Crippen LogP) is 3.73. The lowest BCUT2D eigenvalue weighted by molar-refractivity contribution is 0.276.